The van der Waals surface area contributed by atoms with Crippen LogP contribution in [0.2, 0.25) is 5.02 Å². The van der Waals surface area contributed by atoms with E-state index in [2.05, 4.69) is 5.32 Å². The summed E-state index contributed by atoms with van der Waals surface area (Å²) in [4.78, 5) is 37.5. The Morgan fingerprint density at radius 1 is 1.07 bits per heavy atom. The minimum Gasteiger partial charge on any atom is -0.478 e. The zero-order valence-corrected chi connectivity index (χ0v) is 16.3. The maximum atomic E-state index is 12.8. The molecule has 30 heavy (non-hydrogen) atoms. The first kappa shape index (κ1) is 19.5. The standard InChI is InChI=1S/C22H16ClN3O4/c23-18-9-2-1-5-15(18)13-26-20(27)19(24-22(26)30)12-17-8-4-10-25(17)16-7-3-6-14(11-16)21(28)29/h1-12H,13H2,(H,24,30)(H,28,29)/b19-12-. The highest BCUT2D eigenvalue weighted by Crippen LogP contribution is 2.22. The van der Waals surface area contributed by atoms with Crippen molar-refractivity contribution < 1.29 is 19.5 Å². The highest BCUT2D eigenvalue weighted by molar-refractivity contribution is 6.31. The maximum absolute atomic E-state index is 12.8. The van der Waals surface area contributed by atoms with Gasteiger partial charge in [-0.25, -0.2) is 9.59 Å². The van der Waals surface area contributed by atoms with Crippen LogP contribution in [-0.2, 0) is 11.3 Å². The molecule has 150 valence electrons. The monoisotopic (exact) mass is 421 g/mol. The molecule has 2 aromatic carbocycles. The van der Waals surface area contributed by atoms with Gasteiger partial charge in [0.15, 0.2) is 0 Å². The summed E-state index contributed by atoms with van der Waals surface area (Å²) in [5.41, 5.74) is 2.17. The molecule has 1 aliphatic heterocycles. The van der Waals surface area contributed by atoms with E-state index in [1.807, 2.05) is 0 Å². The van der Waals surface area contributed by atoms with Crippen LogP contribution in [0.25, 0.3) is 11.8 Å². The Kier molecular flexibility index (Phi) is 5.12. The summed E-state index contributed by atoms with van der Waals surface area (Å²) >= 11 is 6.14. The predicted octanol–water partition coefficient (Wildman–Crippen LogP) is 3.92. The Bertz CT molecular complexity index is 1200. The molecule has 1 saturated heterocycles. The van der Waals surface area contributed by atoms with Crippen molar-refractivity contribution in [3.05, 3.63) is 94.4 Å². The minimum absolute atomic E-state index is 0.0589. The van der Waals surface area contributed by atoms with Crippen LogP contribution < -0.4 is 5.32 Å². The van der Waals surface area contributed by atoms with Crippen LogP contribution in [-0.4, -0.2) is 32.5 Å². The van der Waals surface area contributed by atoms with E-state index in [4.69, 9.17) is 11.6 Å². The number of carbonyl (C=O) groups is 3. The summed E-state index contributed by atoms with van der Waals surface area (Å²) in [5.74, 6) is -1.50. The maximum Gasteiger partial charge on any atom is 0.335 e. The van der Waals surface area contributed by atoms with Crippen molar-refractivity contribution in [2.45, 2.75) is 6.54 Å². The number of nitrogens with zero attached hydrogens (tertiary/aromatic N) is 2. The number of nitrogens with one attached hydrogen (secondary N) is 1. The summed E-state index contributed by atoms with van der Waals surface area (Å²) in [7, 11) is 0. The molecule has 8 heteroatoms. The number of carboxylic acid groups (broad SMARTS) is 1. The second-order valence-electron chi connectivity index (χ2n) is 6.63. The van der Waals surface area contributed by atoms with Gasteiger partial charge in [0.1, 0.15) is 5.70 Å². The van der Waals surface area contributed by atoms with Crippen molar-refractivity contribution in [1.29, 1.82) is 0 Å². The number of amides is 3. The molecule has 7 nitrogen and oxygen atoms in total. The number of carbonyl (C=O) groups excluding carboxylic acids is 2. The van der Waals surface area contributed by atoms with E-state index in [1.54, 1.807) is 65.4 Å². The third kappa shape index (κ3) is 3.70. The van der Waals surface area contributed by atoms with Crippen molar-refractivity contribution in [1.82, 2.24) is 14.8 Å². The zero-order valence-electron chi connectivity index (χ0n) is 15.6. The first-order valence-electron chi connectivity index (χ1n) is 9.03. The molecule has 0 aliphatic carbocycles. The van der Waals surface area contributed by atoms with E-state index in [0.717, 1.165) is 4.90 Å². The first-order valence-corrected chi connectivity index (χ1v) is 9.41. The van der Waals surface area contributed by atoms with Crippen molar-refractivity contribution in [3.8, 4) is 5.69 Å². The molecule has 0 radical (unpaired) electrons. The smallest absolute Gasteiger partial charge is 0.335 e. The fraction of sp³-hybridized carbons (Fsp3) is 0.0455. The van der Waals surface area contributed by atoms with Gasteiger partial charge in [0.2, 0.25) is 0 Å². The van der Waals surface area contributed by atoms with Crippen molar-refractivity contribution in [2.24, 2.45) is 0 Å². The predicted molar refractivity (Wildman–Crippen MR) is 111 cm³/mol. The number of aromatic nitrogens is 1. The molecule has 1 aromatic heterocycles. The molecule has 2 N–H and O–H groups in total. The summed E-state index contributed by atoms with van der Waals surface area (Å²) in [5, 5.41) is 12.3. The van der Waals surface area contributed by atoms with Crippen LogP contribution in [0.4, 0.5) is 4.79 Å². The molecule has 0 spiro atoms. The second-order valence-corrected chi connectivity index (χ2v) is 7.04. The Labute approximate surface area is 176 Å². The number of carboxylic acids is 1. The lowest BCUT2D eigenvalue weighted by Crippen LogP contribution is -2.30. The molecule has 2 heterocycles. The Morgan fingerprint density at radius 3 is 2.63 bits per heavy atom. The summed E-state index contributed by atoms with van der Waals surface area (Å²) in [6.45, 7) is 0.0589. The third-order valence-electron chi connectivity index (χ3n) is 4.69. The molecule has 0 bridgehead atoms. The molecule has 1 aliphatic rings. The van der Waals surface area contributed by atoms with Crippen LogP contribution in [0.1, 0.15) is 21.6 Å². The quantitative estimate of drug-likeness (QED) is 0.482. The Morgan fingerprint density at radius 2 is 1.87 bits per heavy atom. The van der Waals surface area contributed by atoms with Crippen LogP contribution in [0.3, 0.4) is 0 Å². The number of hydrogen-bond donors (Lipinski definition) is 2. The average molecular weight is 422 g/mol. The fourth-order valence-electron chi connectivity index (χ4n) is 3.20. The summed E-state index contributed by atoms with van der Waals surface area (Å²) < 4.78 is 1.73. The second kappa shape index (κ2) is 7.88. The minimum atomic E-state index is -1.03. The molecule has 3 aromatic rings. The van der Waals surface area contributed by atoms with E-state index >= 15 is 0 Å². The zero-order chi connectivity index (χ0) is 21.3. The van der Waals surface area contributed by atoms with E-state index in [1.165, 1.54) is 12.1 Å². The Balaban J connectivity index is 1.63. The molecule has 1 fully saturated rings. The van der Waals surface area contributed by atoms with E-state index in [9.17, 15) is 19.5 Å². The van der Waals surface area contributed by atoms with Gasteiger partial charge in [0.05, 0.1) is 12.1 Å². The van der Waals surface area contributed by atoms with Gasteiger partial charge in [-0.2, -0.15) is 0 Å². The average Bonchev–Trinajstić information content (AvgIpc) is 3.30. The molecule has 0 unspecified atom stereocenters. The molecule has 0 saturated carbocycles. The van der Waals surface area contributed by atoms with Gasteiger partial charge in [0, 0.05) is 22.6 Å². The number of aromatic carboxylic acids is 1. The number of rotatable bonds is 5. The van der Waals surface area contributed by atoms with Gasteiger partial charge in [-0.3, -0.25) is 9.69 Å². The third-order valence-corrected chi connectivity index (χ3v) is 5.06. The number of hydrogen-bond acceptors (Lipinski definition) is 3. The van der Waals surface area contributed by atoms with Crippen LogP contribution in [0, 0.1) is 0 Å². The van der Waals surface area contributed by atoms with Crippen LogP contribution in [0.5, 0.6) is 0 Å². The molecule has 4 rings (SSSR count). The van der Waals surface area contributed by atoms with Gasteiger partial charge in [0.25, 0.3) is 5.91 Å². The van der Waals surface area contributed by atoms with E-state index < -0.39 is 17.9 Å². The Hall–Kier alpha value is -3.84. The van der Waals surface area contributed by atoms with Gasteiger partial charge < -0.3 is 15.0 Å². The van der Waals surface area contributed by atoms with E-state index in [0.29, 0.717) is 22.0 Å². The number of halogens is 1. The van der Waals surface area contributed by atoms with Crippen LogP contribution in [0.15, 0.2) is 72.6 Å². The summed E-state index contributed by atoms with van der Waals surface area (Å²) in [6.07, 6.45) is 3.30. The molecular formula is C22H16ClN3O4. The lowest BCUT2D eigenvalue weighted by atomic mass is 10.2. The molecule has 3 amide bonds. The van der Waals surface area contributed by atoms with E-state index in [-0.39, 0.29) is 17.8 Å². The SMILES string of the molecule is O=C(O)c1cccc(-n2cccc2/C=C2\NC(=O)N(Cc3ccccc3Cl)C2=O)c1. The van der Waals surface area contributed by atoms with Gasteiger partial charge in [-0.05, 0) is 48.0 Å². The lowest BCUT2D eigenvalue weighted by molar-refractivity contribution is -0.123. The number of benzene rings is 2. The highest BCUT2D eigenvalue weighted by atomic mass is 35.5. The highest BCUT2D eigenvalue weighted by Gasteiger charge is 2.34. The molecule has 0 atom stereocenters. The molecular weight excluding hydrogens is 406 g/mol. The van der Waals surface area contributed by atoms with Gasteiger partial charge in [-0.15, -0.1) is 0 Å². The van der Waals surface area contributed by atoms with Crippen molar-refractivity contribution >= 4 is 35.6 Å². The number of urea groups is 1. The van der Waals surface area contributed by atoms with Crippen LogP contribution >= 0.6 is 11.6 Å². The van der Waals surface area contributed by atoms with Gasteiger partial charge in [-0.1, -0.05) is 35.9 Å². The van der Waals surface area contributed by atoms with Crippen molar-refractivity contribution in [3.63, 3.8) is 0 Å². The summed E-state index contributed by atoms with van der Waals surface area (Å²) in [6, 6.07) is 16.4. The first-order chi connectivity index (χ1) is 14.4. The largest absolute Gasteiger partial charge is 0.478 e. The van der Waals surface area contributed by atoms with Crippen molar-refractivity contribution in [2.75, 3.05) is 0 Å². The number of imide groups is 1. The normalized spacial score (nSPS) is 15.0. The lowest BCUT2D eigenvalue weighted by Gasteiger charge is -2.12. The van der Waals surface area contributed by atoms with Gasteiger partial charge >= 0.3 is 12.0 Å². The fourth-order valence-corrected chi connectivity index (χ4v) is 3.39. The topological polar surface area (TPSA) is 91.6 Å².